The van der Waals surface area contributed by atoms with Gasteiger partial charge in [0.2, 0.25) is 0 Å². The van der Waals surface area contributed by atoms with Crippen molar-refractivity contribution >= 4 is 5.91 Å². The van der Waals surface area contributed by atoms with Crippen molar-refractivity contribution in [2.24, 2.45) is 5.92 Å². The summed E-state index contributed by atoms with van der Waals surface area (Å²) in [7, 11) is 0. The van der Waals surface area contributed by atoms with E-state index in [1.54, 1.807) is 6.20 Å². The Hall–Kier alpha value is -2.27. The number of aromatic nitrogens is 1. The first-order valence-electron chi connectivity index (χ1n) is 11.8. The Balaban J connectivity index is 1.48. The van der Waals surface area contributed by atoms with E-state index in [4.69, 9.17) is 0 Å². The summed E-state index contributed by atoms with van der Waals surface area (Å²) < 4.78 is 13.1. The van der Waals surface area contributed by atoms with E-state index >= 15 is 0 Å². The van der Waals surface area contributed by atoms with Gasteiger partial charge < -0.3 is 5.32 Å². The van der Waals surface area contributed by atoms with E-state index in [1.165, 1.54) is 37.8 Å². The molecule has 5 heteroatoms. The molecule has 2 aromatic rings. The summed E-state index contributed by atoms with van der Waals surface area (Å²) in [5.74, 6) is 0.449. The number of carbonyl (C=O) groups excluding carboxylic acids is 1. The normalized spacial score (nSPS) is 15.4. The second-order valence-corrected chi connectivity index (χ2v) is 8.88. The minimum Gasteiger partial charge on any atom is -0.349 e. The molecule has 0 bridgehead atoms. The van der Waals surface area contributed by atoms with Crippen LogP contribution < -0.4 is 5.32 Å². The van der Waals surface area contributed by atoms with Crippen LogP contribution in [0.5, 0.6) is 0 Å². The van der Waals surface area contributed by atoms with Gasteiger partial charge in [-0.2, -0.15) is 0 Å². The van der Waals surface area contributed by atoms with E-state index in [-0.39, 0.29) is 17.8 Å². The van der Waals surface area contributed by atoms with E-state index in [1.807, 2.05) is 24.4 Å². The molecule has 1 aliphatic heterocycles. The van der Waals surface area contributed by atoms with Crippen LogP contribution in [0.2, 0.25) is 0 Å². The Morgan fingerprint density at radius 1 is 1.10 bits per heavy atom. The van der Waals surface area contributed by atoms with Crippen LogP contribution >= 0.6 is 0 Å². The maximum Gasteiger partial charge on any atom is 0.253 e. The number of halogens is 1. The lowest BCUT2D eigenvalue weighted by molar-refractivity contribution is 0.0908. The summed E-state index contributed by atoms with van der Waals surface area (Å²) in [4.78, 5) is 19.5. The van der Waals surface area contributed by atoms with Crippen molar-refractivity contribution in [3.8, 4) is 0 Å². The zero-order valence-corrected chi connectivity index (χ0v) is 18.9. The van der Waals surface area contributed by atoms with Gasteiger partial charge >= 0.3 is 0 Å². The monoisotopic (exact) mass is 425 g/mol. The van der Waals surface area contributed by atoms with Crippen LogP contribution in [-0.2, 0) is 13.0 Å². The highest BCUT2D eigenvalue weighted by atomic mass is 19.1. The maximum atomic E-state index is 13.1. The number of nitrogens with one attached hydrogen (secondary N) is 1. The molecule has 0 aliphatic carbocycles. The van der Waals surface area contributed by atoms with Gasteiger partial charge in [-0.3, -0.25) is 14.7 Å². The summed E-state index contributed by atoms with van der Waals surface area (Å²) >= 11 is 0. The molecule has 2 heterocycles. The minimum atomic E-state index is -0.199. The first kappa shape index (κ1) is 23.4. The third-order valence-electron chi connectivity index (χ3n) is 6.22. The quantitative estimate of drug-likeness (QED) is 0.556. The van der Waals surface area contributed by atoms with Crippen molar-refractivity contribution in [2.75, 3.05) is 13.1 Å². The Morgan fingerprint density at radius 3 is 2.42 bits per heavy atom. The van der Waals surface area contributed by atoms with Gasteiger partial charge in [-0.15, -0.1) is 0 Å². The SMILES string of the molecule is CCCC(CCC)Cc1cncc(C(=O)NC2CCN(Cc3ccc(F)cc3)CC2)c1. The van der Waals surface area contributed by atoms with E-state index in [9.17, 15) is 9.18 Å². The molecule has 1 aromatic heterocycles. The van der Waals surface area contributed by atoms with Crippen LogP contribution in [0.4, 0.5) is 4.39 Å². The zero-order valence-electron chi connectivity index (χ0n) is 18.9. The van der Waals surface area contributed by atoms with Crippen molar-refractivity contribution in [3.05, 3.63) is 65.2 Å². The number of rotatable bonds is 10. The van der Waals surface area contributed by atoms with Crippen molar-refractivity contribution < 1.29 is 9.18 Å². The van der Waals surface area contributed by atoms with E-state index in [0.29, 0.717) is 11.5 Å². The summed E-state index contributed by atoms with van der Waals surface area (Å²) in [6.45, 7) is 7.14. The summed E-state index contributed by atoms with van der Waals surface area (Å²) in [6, 6.07) is 8.91. The zero-order chi connectivity index (χ0) is 22.1. The van der Waals surface area contributed by atoms with Crippen LogP contribution in [0.15, 0.2) is 42.7 Å². The highest BCUT2D eigenvalue weighted by Crippen LogP contribution is 2.20. The number of hydrogen-bond donors (Lipinski definition) is 1. The van der Waals surface area contributed by atoms with Gasteiger partial charge in [0.05, 0.1) is 5.56 Å². The van der Waals surface area contributed by atoms with Crippen LogP contribution in [0.1, 0.15) is 73.9 Å². The predicted octanol–water partition coefficient (Wildman–Crippen LogP) is 5.37. The van der Waals surface area contributed by atoms with Gasteiger partial charge in [-0.05, 0) is 54.5 Å². The van der Waals surface area contributed by atoms with E-state index in [0.717, 1.165) is 50.0 Å². The molecular weight excluding hydrogens is 389 g/mol. The largest absolute Gasteiger partial charge is 0.349 e. The molecule has 168 valence electrons. The molecule has 1 fully saturated rings. The van der Waals surface area contributed by atoms with Gasteiger partial charge in [-0.25, -0.2) is 4.39 Å². The first-order chi connectivity index (χ1) is 15.1. The smallest absolute Gasteiger partial charge is 0.253 e. The second-order valence-electron chi connectivity index (χ2n) is 8.88. The van der Waals surface area contributed by atoms with Crippen LogP contribution in [0, 0.1) is 11.7 Å². The van der Waals surface area contributed by atoms with Crippen molar-refractivity contribution in [1.29, 1.82) is 0 Å². The lowest BCUT2D eigenvalue weighted by atomic mass is 9.91. The van der Waals surface area contributed by atoms with Crippen LogP contribution in [0.25, 0.3) is 0 Å². The molecule has 1 aromatic carbocycles. The number of nitrogens with zero attached hydrogens (tertiary/aromatic N) is 2. The van der Waals surface area contributed by atoms with Crippen molar-refractivity contribution in [2.45, 2.75) is 71.4 Å². The summed E-state index contributed by atoms with van der Waals surface area (Å²) in [5.41, 5.74) is 2.95. The number of piperidine rings is 1. The molecule has 3 rings (SSSR count). The minimum absolute atomic E-state index is 0.0196. The average Bonchev–Trinajstić information content (AvgIpc) is 2.77. The maximum absolute atomic E-state index is 13.1. The molecule has 0 radical (unpaired) electrons. The summed E-state index contributed by atoms with van der Waals surface area (Å²) in [6.07, 6.45) is 11.3. The van der Waals surface area contributed by atoms with Crippen LogP contribution in [0.3, 0.4) is 0 Å². The fourth-order valence-electron chi connectivity index (χ4n) is 4.57. The number of likely N-dealkylation sites (tertiary alicyclic amines) is 1. The molecule has 0 unspecified atom stereocenters. The third kappa shape index (κ3) is 7.42. The van der Waals surface area contributed by atoms with Gasteiger partial charge in [-0.1, -0.05) is 51.7 Å². The lowest BCUT2D eigenvalue weighted by Crippen LogP contribution is -2.44. The standard InChI is InChI=1S/C26H36FN3O/c1-3-5-20(6-4-2)15-22-16-23(18-28-17-22)26(31)29-25-11-13-30(14-12-25)19-21-7-9-24(27)10-8-21/h7-10,16-18,20,25H,3-6,11-15,19H2,1-2H3,(H,29,31). The second kappa shape index (κ2) is 11.9. The number of pyridine rings is 1. The first-order valence-corrected chi connectivity index (χ1v) is 11.8. The Bertz CT molecular complexity index is 810. The molecule has 1 aliphatic rings. The van der Waals surface area contributed by atoms with Gasteiger partial charge in [0.25, 0.3) is 5.91 Å². The molecule has 0 atom stereocenters. The van der Waals surface area contributed by atoms with Gasteiger partial charge in [0.1, 0.15) is 5.82 Å². The molecule has 31 heavy (non-hydrogen) atoms. The lowest BCUT2D eigenvalue weighted by Gasteiger charge is -2.32. The Morgan fingerprint density at radius 2 is 1.77 bits per heavy atom. The average molecular weight is 426 g/mol. The molecular formula is C26H36FN3O. The van der Waals surface area contributed by atoms with Crippen molar-refractivity contribution in [3.63, 3.8) is 0 Å². The molecule has 0 spiro atoms. The molecule has 1 saturated heterocycles. The molecule has 1 N–H and O–H groups in total. The Kier molecular flexibility index (Phi) is 9.01. The van der Waals surface area contributed by atoms with Gasteiger partial charge in [0.15, 0.2) is 0 Å². The van der Waals surface area contributed by atoms with Gasteiger partial charge in [0, 0.05) is 38.1 Å². The molecule has 0 saturated carbocycles. The summed E-state index contributed by atoms with van der Waals surface area (Å²) in [5, 5.41) is 3.20. The number of hydrogen-bond acceptors (Lipinski definition) is 3. The topological polar surface area (TPSA) is 45.2 Å². The Labute approximate surface area is 186 Å². The fraction of sp³-hybridized carbons (Fsp3) is 0.538. The number of amides is 1. The number of carbonyl (C=O) groups is 1. The highest BCUT2D eigenvalue weighted by Gasteiger charge is 2.21. The van der Waals surface area contributed by atoms with E-state index < -0.39 is 0 Å². The predicted molar refractivity (Wildman–Crippen MR) is 123 cm³/mol. The molecule has 1 amide bonds. The fourth-order valence-corrected chi connectivity index (χ4v) is 4.57. The third-order valence-corrected chi connectivity index (χ3v) is 6.22. The highest BCUT2D eigenvalue weighted by molar-refractivity contribution is 5.94. The molecule has 4 nitrogen and oxygen atoms in total. The van der Waals surface area contributed by atoms with E-state index in [2.05, 4.69) is 29.0 Å². The number of benzene rings is 1. The van der Waals surface area contributed by atoms with Crippen molar-refractivity contribution in [1.82, 2.24) is 15.2 Å². The van der Waals surface area contributed by atoms with Crippen LogP contribution in [-0.4, -0.2) is 34.9 Å².